The van der Waals surface area contributed by atoms with Crippen LogP contribution in [-0.2, 0) is 9.59 Å². The first-order chi connectivity index (χ1) is 18.9. The molecular weight excluding hydrogens is 493 g/mol. The summed E-state index contributed by atoms with van der Waals surface area (Å²) in [6, 6.07) is 16.7. The zero-order valence-corrected chi connectivity index (χ0v) is 22.9. The maximum Gasteiger partial charge on any atom is 0.227 e. The molecule has 3 saturated heterocycles. The minimum atomic E-state index is -0.254. The number of hydrogen-bond acceptors (Lipinski definition) is 4. The zero-order valence-electron chi connectivity index (χ0n) is 22.9. The van der Waals surface area contributed by atoms with E-state index in [1.165, 1.54) is 18.9 Å². The number of rotatable bonds is 8. The molecule has 3 aromatic rings. The number of amides is 2. The van der Waals surface area contributed by atoms with E-state index in [0.29, 0.717) is 43.2 Å². The molecule has 2 bridgehead atoms. The third kappa shape index (κ3) is 4.95. The van der Waals surface area contributed by atoms with Crippen LogP contribution < -0.4 is 5.32 Å². The monoisotopic (exact) mass is 531 g/mol. The maximum absolute atomic E-state index is 14.4. The number of likely N-dealkylation sites (tertiary alicyclic amines) is 1. The zero-order chi connectivity index (χ0) is 27.1. The lowest BCUT2D eigenvalue weighted by molar-refractivity contribution is -0.143. The molecule has 1 N–H and O–H groups in total. The SMILES string of the molecule is CCC(=O)N1CC(C(=O)N[C@@H](CCN2C3CCC2CC(n2c(C)nc4c(F)cccc42)C3)c2ccccc2)C1. The van der Waals surface area contributed by atoms with Gasteiger partial charge in [0.2, 0.25) is 11.8 Å². The van der Waals surface area contributed by atoms with Gasteiger partial charge >= 0.3 is 0 Å². The predicted octanol–water partition coefficient (Wildman–Crippen LogP) is 4.77. The summed E-state index contributed by atoms with van der Waals surface area (Å²) in [6.07, 6.45) is 5.74. The molecule has 2 aromatic carbocycles. The smallest absolute Gasteiger partial charge is 0.227 e. The van der Waals surface area contributed by atoms with E-state index in [9.17, 15) is 14.0 Å². The molecule has 1 aromatic heterocycles. The van der Waals surface area contributed by atoms with E-state index in [-0.39, 0.29) is 29.6 Å². The average Bonchev–Trinajstić information content (AvgIpc) is 3.37. The minimum absolute atomic E-state index is 0.0420. The van der Waals surface area contributed by atoms with Gasteiger partial charge < -0.3 is 14.8 Å². The first kappa shape index (κ1) is 26.0. The van der Waals surface area contributed by atoms with Gasteiger partial charge in [0, 0.05) is 44.2 Å². The Morgan fingerprint density at radius 3 is 2.44 bits per heavy atom. The fourth-order valence-corrected chi connectivity index (χ4v) is 7.13. The van der Waals surface area contributed by atoms with Gasteiger partial charge in [-0.1, -0.05) is 43.3 Å². The normalized spacial score (nSPS) is 24.1. The van der Waals surface area contributed by atoms with Gasteiger partial charge in [0.25, 0.3) is 0 Å². The van der Waals surface area contributed by atoms with Crippen LogP contribution >= 0.6 is 0 Å². The minimum Gasteiger partial charge on any atom is -0.349 e. The standard InChI is InChI=1S/C31H38FN5O2/c1-3-29(38)35-18-22(19-35)31(39)34-27(21-8-5-4-6-9-21)14-15-36-23-12-13-24(36)17-25(16-23)37-20(2)33-30-26(32)10-7-11-28(30)37/h4-11,22-25,27H,3,12-19H2,1-2H3,(H,34,39)/t23?,24?,25?,27-/m0/s1. The maximum atomic E-state index is 14.4. The second-order valence-electron chi connectivity index (χ2n) is 11.5. The highest BCUT2D eigenvalue weighted by atomic mass is 19.1. The summed E-state index contributed by atoms with van der Waals surface area (Å²) >= 11 is 0. The Kier molecular flexibility index (Phi) is 7.14. The second kappa shape index (κ2) is 10.7. The van der Waals surface area contributed by atoms with Gasteiger partial charge in [-0.2, -0.15) is 0 Å². The van der Waals surface area contributed by atoms with Crippen molar-refractivity contribution in [1.82, 2.24) is 24.7 Å². The number of nitrogens with zero attached hydrogens (tertiary/aromatic N) is 4. The average molecular weight is 532 g/mol. The van der Waals surface area contributed by atoms with Crippen LogP contribution in [0, 0.1) is 18.7 Å². The Bertz CT molecular complexity index is 1340. The molecule has 8 heteroatoms. The second-order valence-corrected chi connectivity index (χ2v) is 11.5. The van der Waals surface area contributed by atoms with E-state index >= 15 is 0 Å². The molecule has 3 atom stereocenters. The molecule has 0 aliphatic carbocycles. The highest BCUT2D eigenvalue weighted by Crippen LogP contribution is 2.43. The van der Waals surface area contributed by atoms with Crippen molar-refractivity contribution in [2.75, 3.05) is 19.6 Å². The molecule has 3 aliphatic rings. The van der Waals surface area contributed by atoms with E-state index in [4.69, 9.17) is 0 Å². The van der Waals surface area contributed by atoms with Crippen molar-refractivity contribution < 1.29 is 14.0 Å². The molecule has 7 nitrogen and oxygen atoms in total. The first-order valence-electron chi connectivity index (χ1n) is 14.4. The van der Waals surface area contributed by atoms with E-state index in [2.05, 4.69) is 31.9 Å². The van der Waals surface area contributed by atoms with E-state index < -0.39 is 0 Å². The molecule has 0 spiro atoms. The number of fused-ring (bicyclic) bond motifs is 3. The number of imidazole rings is 1. The summed E-state index contributed by atoms with van der Waals surface area (Å²) in [4.78, 5) is 34.0. The lowest BCUT2D eigenvalue weighted by atomic mass is 9.94. The Hall–Kier alpha value is -3.26. The topological polar surface area (TPSA) is 70.5 Å². The lowest BCUT2D eigenvalue weighted by Crippen LogP contribution is -2.56. The summed E-state index contributed by atoms with van der Waals surface area (Å²) in [7, 11) is 0. The number of hydrogen-bond donors (Lipinski definition) is 1. The Morgan fingerprint density at radius 1 is 1.03 bits per heavy atom. The van der Waals surface area contributed by atoms with Crippen molar-refractivity contribution in [2.24, 2.45) is 5.92 Å². The molecule has 39 heavy (non-hydrogen) atoms. The summed E-state index contributed by atoms with van der Waals surface area (Å²) in [5, 5.41) is 3.31. The largest absolute Gasteiger partial charge is 0.349 e. The molecule has 3 fully saturated rings. The molecule has 6 rings (SSSR count). The Morgan fingerprint density at radius 2 is 1.74 bits per heavy atom. The first-order valence-corrected chi connectivity index (χ1v) is 14.4. The number of nitrogens with one attached hydrogen (secondary N) is 1. The molecule has 0 saturated carbocycles. The predicted molar refractivity (Wildman–Crippen MR) is 149 cm³/mol. The van der Waals surface area contributed by atoms with Crippen LogP contribution in [0.25, 0.3) is 11.0 Å². The van der Waals surface area contributed by atoms with Crippen LogP contribution in [0.15, 0.2) is 48.5 Å². The van der Waals surface area contributed by atoms with Gasteiger partial charge in [-0.25, -0.2) is 9.37 Å². The van der Waals surface area contributed by atoms with Crippen molar-refractivity contribution in [3.8, 4) is 0 Å². The molecule has 206 valence electrons. The van der Waals surface area contributed by atoms with Gasteiger partial charge in [0.05, 0.1) is 17.5 Å². The molecule has 2 unspecified atom stereocenters. The molecule has 2 amide bonds. The van der Waals surface area contributed by atoms with Gasteiger partial charge in [0.1, 0.15) is 11.3 Å². The molecular formula is C31H38FN5O2. The van der Waals surface area contributed by atoms with Crippen molar-refractivity contribution >= 4 is 22.8 Å². The van der Waals surface area contributed by atoms with Gasteiger partial charge in [-0.15, -0.1) is 0 Å². The van der Waals surface area contributed by atoms with Crippen LogP contribution in [0.4, 0.5) is 4.39 Å². The molecule has 4 heterocycles. The number of halogens is 1. The number of benzene rings is 2. The van der Waals surface area contributed by atoms with E-state index in [1.807, 2.05) is 38.1 Å². The third-order valence-corrected chi connectivity index (χ3v) is 9.17. The molecule has 3 aliphatic heterocycles. The molecule has 0 radical (unpaired) electrons. The van der Waals surface area contributed by atoms with Crippen LogP contribution in [0.2, 0.25) is 0 Å². The number of aromatic nitrogens is 2. The number of piperidine rings is 1. The number of carbonyl (C=O) groups excluding carboxylic acids is 2. The summed E-state index contributed by atoms with van der Waals surface area (Å²) < 4.78 is 16.7. The van der Waals surface area contributed by atoms with Gasteiger partial charge in [-0.3, -0.25) is 14.5 Å². The Labute approximate surface area is 229 Å². The van der Waals surface area contributed by atoms with Gasteiger partial charge in [0.15, 0.2) is 5.82 Å². The number of aryl methyl sites for hydroxylation is 1. The number of carbonyl (C=O) groups is 2. The van der Waals surface area contributed by atoms with Crippen LogP contribution in [0.5, 0.6) is 0 Å². The fraction of sp³-hybridized carbons (Fsp3) is 0.516. The third-order valence-electron chi connectivity index (χ3n) is 9.17. The van der Waals surface area contributed by atoms with Crippen molar-refractivity contribution in [3.63, 3.8) is 0 Å². The van der Waals surface area contributed by atoms with Crippen LogP contribution in [-0.4, -0.2) is 62.9 Å². The summed E-state index contributed by atoms with van der Waals surface area (Å²) in [6.45, 7) is 5.80. The summed E-state index contributed by atoms with van der Waals surface area (Å²) in [5.41, 5.74) is 2.49. The van der Waals surface area contributed by atoms with Crippen LogP contribution in [0.1, 0.15) is 68.9 Å². The van der Waals surface area contributed by atoms with Crippen molar-refractivity contribution in [2.45, 2.75) is 76.5 Å². The highest BCUT2D eigenvalue weighted by Gasteiger charge is 2.42. The van der Waals surface area contributed by atoms with E-state index in [1.54, 1.807) is 11.0 Å². The quantitative estimate of drug-likeness (QED) is 0.455. The van der Waals surface area contributed by atoms with Crippen LogP contribution in [0.3, 0.4) is 0 Å². The summed E-state index contributed by atoms with van der Waals surface area (Å²) in [5.74, 6) is 0.656. The van der Waals surface area contributed by atoms with Crippen molar-refractivity contribution in [3.05, 3.63) is 65.7 Å². The van der Waals surface area contributed by atoms with Gasteiger partial charge in [-0.05, 0) is 56.7 Å². The van der Waals surface area contributed by atoms with E-state index in [0.717, 1.165) is 42.7 Å². The Balaban J connectivity index is 1.12. The van der Waals surface area contributed by atoms with Crippen molar-refractivity contribution in [1.29, 1.82) is 0 Å². The number of para-hydroxylation sites is 1. The highest BCUT2D eigenvalue weighted by molar-refractivity contribution is 5.84. The fourth-order valence-electron chi connectivity index (χ4n) is 7.13. The lowest BCUT2D eigenvalue weighted by Gasteiger charge is -2.41.